The van der Waals surface area contributed by atoms with Gasteiger partial charge in [-0.25, -0.2) is 17.2 Å². The van der Waals surface area contributed by atoms with E-state index in [4.69, 9.17) is 4.11 Å². The van der Waals surface area contributed by atoms with Gasteiger partial charge >= 0.3 is 12.5 Å². The Balaban J connectivity index is 1.92. The molecule has 1 atom stereocenters. The second-order valence-corrected chi connectivity index (χ2v) is 8.45. The lowest BCUT2D eigenvalue weighted by Crippen LogP contribution is -2.51. The molecule has 0 saturated carbocycles. The number of hydrogen-bond acceptors (Lipinski definition) is 4. The minimum Gasteiger partial charge on any atom is -0.403 e. The fourth-order valence-corrected chi connectivity index (χ4v) is 4.56. The first-order chi connectivity index (χ1) is 15.7. The number of rotatable bonds is 5. The van der Waals surface area contributed by atoms with Crippen LogP contribution in [0.5, 0.6) is 5.75 Å². The fraction of sp³-hybridized carbons (Fsp3) is 0.412. The monoisotopic (exact) mass is 497 g/mol. The zero-order valence-corrected chi connectivity index (χ0v) is 16.2. The highest BCUT2D eigenvalue weighted by atomic mass is 32.2. The Labute approximate surface area is 179 Å². The topological polar surface area (TPSA) is 80.4 Å². The third-order valence-electron chi connectivity index (χ3n) is 4.77. The third kappa shape index (κ3) is 4.48. The van der Waals surface area contributed by atoms with E-state index in [1.165, 1.54) is 0 Å². The van der Waals surface area contributed by atoms with E-state index in [1.807, 2.05) is 0 Å². The maximum absolute atomic E-state index is 14.2. The zero-order chi connectivity index (χ0) is 26.6. The van der Waals surface area contributed by atoms with Crippen LogP contribution in [-0.4, -0.2) is 38.6 Å². The Morgan fingerprint density at radius 3 is 2.44 bits per heavy atom. The fourth-order valence-electron chi connectivity index (χ4n) is 3.24. The van der Waals surface area contributed by atoms with Crippen LogP contribution in [0.4, 0.5) is 40.8 Å². The first-order valence-electron chi connectivity index (χ1n) is 9.97. The van der Waals surface area contributed by atoms with Gasteiger partial charge in [-0.2, -0.15) is 13.2 Å². The Bertz CT molecular complexity index is 1230. The van der Waals surface area contributed by atoms with Gasteiger partial charge in [-0.3, -0.25) is 4.72 Å². The van der Waals surface area contributed by atoms with Gasteiger partial charge in [0.15, 0.2) is 23.0 Å². The molecule has 0 fully saturated rings. The summed E-state index contributed by atoms with van der Waals surface area (Å²) in [7, 11) is -8.21. The number of sulfonamides is 1. The average Bonchev–Trinajstić information content (AvgIpc) is 3.06. The summed E-state index contributed by atoms with van der Waals surface area (Å²) in [6, 6.07) is 0.0447. The first kappa shape index (κ1) is 20.1. The molecule has 0 bridgehead atoms. The number of H-pyrrole nitrogens is 1. The van der Waals surface area contributed by atoms with Gasteiger partial charge in [0.25, 0.3) is 10.0 Å². The lowest BCUT2D eigenvalue weighted by molar-refractivity contribution is -0.275. The number of halogens is 8. The van der Waals surface area contributed by atoms with Gasteiger partial charge in [0.1, 0.15) is 4.90 Å². The minimum atomic E-state index is -5.35. The van der Waals surface area contributed by atoms with Crippen LogP contribution in [0.3, 0.4) is 0 Å². The molecule has 0 amide bonds. The zero-order valence-electron chi connectivity index (χ0n) is 18.4. The molecule has 0 saturated heterocycles. The number of anilines is 1. The number of nitrogens with one attached hydrogen (secondary N) is 2. The van der Waals surface area contributed by atoms with Crippen molar-refractivity contribution in [2.75, 3.05) is 11.8 Å². The molecule has 1 heterocycles. The summed E-state index contributed by atoms with van der Waals surface area (Å²) in [4.78, 5) is 1.64. The maximum Gasteiger partial charge on any atom is 0.573 e. The molecule has 6 nitrogen and oxygen atoms in total. The summed E-state index contributed by atoms with van der Waals surface area (Å²) >= 11 is 0. The Kier molecular flexibility index (Phi) is 4.89. The van der Waals surface area contributed by atoms with E-state index in [0.717, 1.165) is 6.20 Å². The Hall–Kier alpha value is -2.55. The predicted molar refractivity (Wildman–Crippen MR) is 92.5 cm³/mol. The summed E-state index contributed by atoms with van der Waals surface area (Å²) in [6.45, 7) is 0. The Morgan fingerprint density at radius 1 is 1.16 bits per heavy atom. The van der Waals surface area contributed by atoms with Gasteiger partial charge in [0, 0.05) is 37.5 Å². The number of ether oxygens (including phenoxy) is 2. The van der Waals surface area contributed by atoms with Crippen molar-refractivity contribution in [2.24, 2.45) is 0 Å². The van der Waals surface area contributed by atoms with Crippen molar-refractivity contribution in [2.45, 2.75) is 42.3 Å². The van der Waals surface area contributed by atoms with Gasteiger partial charge in [0.2, 0.25) is 0 Å². The maximum atomic E-state index is 14.2. The van der Waals surface area contributed by atoms with E-state index in [0.29, 0.717) is 0 Å². The molecule has 0 spiro atoms. The summed E-state index contributed by atoms with van der Waals surface area (Å²) in [5.41, 5.74) is -4.75. The number of aromatic nitrogens is 1. The molecular formula is C17H14F8N2O4S. The van der Waals surface area contributed by atoms with Crippen LogP contribution >= 0.6 is 0 Å². The summed E-state index contributed by atoms with van der Waals surface area (Å²) in [5, 5.41) is 0. The largest absolute Gasteiger partial charge is 0.573 e. The first-order valence-corrected chi connectivity index (χ1v) is 9.95. The van der Waals surface area contributed by atoms with Crippen LogP contribution in [0, 0.1) is 11.6 Å². The number of hydrogen-bond donors (Lipinski definition) is 2. The van der Waals surface area contributed by atoms with Gasteiger partial charge in [-0.15, -0.1) is 13.2 Å². The lowest BCUT2D eigenvalue weighted by atomic mass is 9.83. The highest BCUT2D eigenvalue weighted by molar-refractivity contribution is 7.92. The molecule has 0 radical (unpaired) electrons. The second kappa shape index (κ2) is 7.79. The standard InChI is InChI=1S/C17H14F8N2O4S/c1-30-15(16(20,21)22)3-2-8-12(6-15)26-7-14(8)32(28,29)27-11-4-10(19)13(5-9(11)18)31-17(23,24)25/h4-5,7,26-27H,2-3,6H2,1H3/t15-/m1/s1/i1D3. The van der Waals surface area contributed by atoms with E-state index in [2.05, 4.69) is 14.5 Å². The number of fused-ring (bicyclic) bond motifs is 1. The summed E-state index contributed by atoms with van der Waals surface area (Å²) in [5.74, 6) is -4.95. The lowest BCUT2D eigenvalue weighted by Gasteiger charge is -2.37. The molecular weight excluding hydrogens is 480 g/mol. The molecule has 1 aromatic carbocycles. The molecule has 1 aliphatic rings. The molecule has 2 aromatic rings. The number of benzene rings is 1. The molecule has 0 aliphatic heterocycles. The van der Waals surface area contributed by atoms with Crippen molar-refractivity contribution in [1.82, 2.24) is 4.98 Å². The van der Waals surface area contributed by atoms with E-state index in [-0.39, 0.29) is 23.4 Å². The highest BCUT2D eigenvalue weighted by Crippen LogP contribution is 2.44. The van der Waals surface area contributed by atoms with E-state index >= 15 is 0 Å². The summed E-state index contributed by atoms with van der Waals surface area (Å²) < 4.78 is 162. The Morgan fingerprint density at radius 2 is 1.84 bits per heavy atom. The van der Waals surface area contributed by atoms with Gasteiger partial charge < -0.3 is 14.5 Å². The van der Waals surface area contributed by atoms with Gasteiger partial charge in [-0.05, 0) is 18.4 Å². The smallest absolute Gasteiger partial charge is 0.403 e. The van der Waals surface area contributed by atoms with Crippen LogP contribution in [0.15, 0.2) is 23.2 Å². The van der Waals surface area contributed by atoms with Crippen molar-refractivity contribution in [3.05, 3.63) is 41.2 Å². The minimum absolute atomic E-state index is 0.0445. The van der Waals surface area contributed by atoms with E-state index < -0.39 is 82.4 Å². The molecule has 32 heavy (non-hydrogen) atoms. The van der Waals surface area contributed by atoms with E-state index in [9.17, 15) is 43.5 Å². The van der Waals surface area contributed by atoms with Gasteiger partial charge in [-0.1, -0.05) is 0 Å². The number of alkyl halides is 6. The molecule has 1 aliphatic carbocycles. The normalized spacial score (nSPS) is 21.3. The van der Waals surface area contributed by atoms with Crippen LogP contribution in [0.25, 0.3) is 0 Å². The highest BCUT2D eigenvalue weighted by Gasteiger charge is 2.57. The quantitative estimate of drug-likeness (QED) is 0.600. The molecule has 3 rings (SSSR count). The SMILES string of the molecule is [2H]C([2H])([2H])O[C@]1(C(F)(F)F)CCc2c(S(=O)(=O)Nc3cc(F)c(OC(F)(F)F)cc3F)c[nH]c2C1. The number of aromatic amines is 1. The van der Waals surface area contributed by atoms with Crippen molar-refractivity contribution in [1.29, 1.82) is 0 Å². The van der Waals surface area contributed by atoms with Gasteiger partial charge in [0.05, 0.1) is 9.80 Å². The molecule has 1 aromatic heterocycles. The van der Waals surface area contributed by atoms with Crippen LogP contribution in [0.1, 0.15) is 21.8 Å². The van der Waals surface area contributed by atoms with Crippen molar-refractivity contribution in [3.63, 3.8) is 0 Å². The second-order valence-electron chi connectivity index (χ2n) is 6.80. The third-order valence-corrected chi connectivity index (χ3v) is 6.21. The number of methoxy groups -OCH3 is 1. The molecule has 15 heteroatoms. The van der Waals surface area contributed by atoms with Crippen molar-refractivity contribution >= 4 is 15.7 Å². The summed E-state index contributed by atoms with van der Waals surface area (Å²) in [6.07, 6.45) is -12.4. The van der Waals surface area contributed by atoms with Crippen molar-refractivity contribution < 1.29 is 57.1 Å². The van der Waals surface area contributed by atoms with Crippen molar-refractivity contribution in [3.8, 4) is 5.75 Å². The van der Waals surface area contributed by atoms with Crippen LogP contribution in [0.2, 0.25) is 0 Å². The average molecular weight is 497 g/mol. The van der Waals surface area contributed by atoms with E-state index in [1.54, 1.807) is 4.72 Å². The van der Waals surface area contributed by atoms with Crippen LogP contribution in [-0.2, 0) is 27.6 Å². The predicted octanol–water partition coefficient (Wildman–Crippen LogP) is 4.43. The molecule has 178 valence electrons. The van der Waals surface area contributed by atoms with Crippen LogP contribution < -0.4 is 9.46 Å². The molecule has 0 unspecified atom stereocenters. The molecule has 2 N–H and O–H groups in total.